The number of esters is 1. The molecule has 4 aromatic rings. The zero-order valence-corrected chi connectivity index (χ0v) is 26.7. The summed E-state index contributed by atoms with van der Waals surface area (Å²) < 4.78 is 19.8. The molecule has 0 saturated carbocycles. The van der Waals surface area contributed by atoms with Crippen molar-refractivity contribution < 1.29 is 28.9 Å². The van der Waals surface area contributed by atoms with Gasteiger partial charge in [0.2, 0.25) is 0 Å². The lowest BCUT2D eigenvalue weighted by Gasteiger charge is -2.41. The van der Waals surface area contributed by atoms with Gasteiger partial charge in [0.15, 0.2) is 17.5 Å². The highest BCUT2D eigenvalue weighted by atomic mass is 35.5. The lowest BCUT2D eigenvalue weighted by molar-refractivity contribution is -0.276. The van der Waals surface area contributed by atoms with E-state index in [0.29, 0.717) is 18.2 Å². The predicted octanol–water partition coefficient (Wildman–Crippen LogP) is 6.41. The molecular formula is C34H35Cl2N3O6. The summed E-state index contributed by atoms with van der Waals surface area (Å²) in [5.41, 5.74) is 5.53. The van der Waals surface area contributed by atoms with E-state index in [2.05, 4.69) is 17.2 Å². The third-order valence-electron chi connectivity index (χ3n) is 7.85. The van der Waals surface area contributed by atoms with Crippen molar-refractivity contribution in [1.29, 1.82) is 0 Å². The molecule has 1 aromatic heterocycles. The van der Waals surface area contributed by atoms with Crippen LogP contribution in [-0.2, 0) is 43.5 Å². The van der Waals surface area contributed by atoms with E-state index >= 15 is 0 Å². The summed E-state index contributed by atoms with van der Waals surface area (Å²) in [5, 5.41) is 12.9. The van der Waals surface area contributed by atoms with Gasteiger partial charge in [0.25, 0.3) is 5.91 Å². The maximum Gasteiger partial charge on any atom is 0.303 e. The van der Waals surface area contributed by atoms with E-state index in [1.165, 1.54) is 13.8 Å². The summed E-state index contributed by atoms with van der Waals surface area (Å²) in [6.07, 6.45) is -0.468. The number of hydrogen-bond acceptors (Lipinski definition) is 7. The lowest BCUT2D eigenvalue weighted by atomic mass is 9.90. The van der Waals surface area contributed by atoms with E-state index in [1.54, 1.807) is 10.9 Å². The number of aliphatic hydroxyl groups is 1. The average molecular weight is 653 g/mol. The second-order valence-electron chi connectivity index (χ2n) is 11.1. The highest BCUT2D eigenvalue weighted by Gasteiger charge is 2.39. The number of ether oxygens (including phenoxy) is 3. The Morgan fingerprint density at radius 3 is 2.36 bits per heavy atom. The Labute approximate surface area is 272 Å². The number of halogens is 2. The SMILES string of the molecule is CC(=O)OC(C)C(=O)NCc1cccc(-c2ccc(C3OC(Cn4cnc(Cl)c4Cl)C(C)C(c4ccc(CO)cc4)O3)cc2)c1. The Hall–Kier alpha value is -3.73. The molecule has 2 heterocycles. The number of rotatable bonds is 10. The van der Waals surface area contributed by atoms with Crippen molar-refractivity contribution in [1.82, 2.24) is 14.9 Å². The molecule has 0 radical (unpaired) electrons. The summed E-state index contributed by atoms with van der Waals surface area (Å²) >= 11 is 12.5. The normalized spacial score (nSPS) is 20.4. The van der Waals surface area contributed by atoms with Crippen LogP contribution in [0.15, 0.2) is 79.1 Å². The fraction of sp³-hybridized carbons (Fsp3) is 0.324. The zero-order valence-electron chi connectivity index (χ0n) is 25.2. The second kappa shape index (κ2) is 14.6. The molecule has 0 spiro atoms. The highest BCUT2D eigenvalue weighted by molar-refractivity contribution is 6.40. The lowest BCUT2D eigenvalue weighted by Crippen LogP contribution is -2.39. The van der Waals surface area contributed by atoms with Crippen LogP contribution in [0.25, 0.3) is 11.1 Å². The van der Waals surface area contributed by atoms with Gasteiger partial charge in [0.1, 0.15) is 5.15 Å². The first-order valence-corrected chi connectivity index (χ1v) is 15.4. The molecular weight excluding hydrogens is 617 g/mol. The first-order chi connectivity index (χ1) is 21.6. The number of aromatic nitrogens is 2. The average Bonchev–Trinajstić information content (AvgIpc) is 3.36. The number of amides is 1. The van der Waals surface area contributed by atoms with Gasteiger partial charge >= 0.3 is 5.97 Å². The van der Waals surface area contributed by atoms with Gasteiger partial charge in [-0.2, -0.15) is 0 Å². The number of carbonyl (C=O) groups is 2. The Kier molecular flexibility index (Phi) is 10.6. The standard InChI is InChI=1S/C34H35Cl2N3O6/c1-20-29(17-39-19-38-31(35)32(39)36)44-34(45-30(20)26-9-7-23(18-40)8-10-26)27-13-11-25(12-14-27)28-6-4-5-24(15-28)16-37-33(42)21(2)43-22(3)41/h4-15,19-21,29-30,34,40H,16-18H2,1-3H3,(H,37,42). The number of nitrogens with one attached hydrogen (secondary N) is 1. The monoisotopic (exact) mass is 651 g/mol. The van der Waals surface area contributed by atoms with E-state index in [-0.39, 0.29) is 35.8 Å². The zero-order chi connectivity index (χ0) is 32.1. The van der Waals surface area contributed by atoms with Crippen LogP contribution >= 0.6 is 23.2 Å². The van der Waals surface area contributed by atoms with Crippen LogP contribution < -0.4 is 5.32 Å². The van der Waals surface area contributed by atoms with Crippen molar-refractivity contribution in [3.63, 3.8) is 0 Å². The molecule has 45 heavy (non-hydrogen) atoms. The molecule has 1 aliphatic heterocycles. The molecule has 5 atom stereocenters. The first kappa shape index (κ1) is 32.7. The van der Waals surface area contributed by atoms with Crippen molar-refractivity contribution in [2.45, 2.75) is 65.1 Å². The molecule has 1 fully saturated rings. The predicted molar refractivity (Wildman–Crippen MR) is 170 cm³/mol. The Morgan fingerprint density at radius 1 is 1.00 bits per heavy atom. The minimum Gasteiger partial charge on any atom is -0.453 e. The van der Waals surface area contributed by atoms with Gasteiger partial charge in [-0.1, -0.05) is 96.9 Å². The van der Waals surface area contributed by atoms with Gasteiger partial charge < -0.3 is 29.2 Å². The van der Waals surface area contributed by atoms with Crippen LogP contribution in [0.2, 0.25) is 10.3 Å². The van der Waals surface area contributed by atoms with Crippen LogP contribution in [0.1, 0.15) is 55.4 Å². The molecule has 1 aliphatic rings. The maximum absolute atomic E-state index is 12.3. The molecule has 1 amide bonds. The summed E-state index contributed by atoms with van der Waals surface area (Å²) in [6.45, 7) is 5.59. The third kappa shape index (κ3) is 7.92. The number of imidazole rings is 1. The number of carbonyl (C=O) groups excluding carboxylic acids is 2. The Morgan fingerprint density at radius 2 is 1.71 bits per heavy atom. The van der Waals surface area contributed by atoms with Gasteiger partial charge in [-0.05, 0) is 40.8 Å². The molecule has 236 valence electrons. The molecule has 0 aliphatic carbocycles. The number of aliphatic hydroxyl groups excluding tert-OH is 1. The molecule has 1 saturated heterocycles. The molecule has 3 aromatic carbocycles. The van der Waals surface area contributed by atoms with Gasteiger partial charge in [0, 0.05) is 24.9 Å². The fourth-order valence-corrected chi connectivity index (χ4v) is 5.63. The minimum atomic E-state index is -0.862. The summed E-state index contributed by atoms with van der Waals surface area (Å²) in [5.74, 6) is -0.906. The summed E-state index contributed by atoms with van der Waals surface area (Å²) in [6, 6.07) is 23.6. The van der Waals surface area contributed by atoms with Crippen LogP contribution in [-0.4, -0.2) is 38.7 Å². The second-order valence-corrected chi connectivity index (χ2v) is 11.8. The van der Waals surface area contributed by atoms with E-state index in [9.17, 15) is 14.7 Å². The van der Waals surface area contributed by atoms with E-state index in [1.807, 2.05) is 72.8 Å². The van der Waals surface area contributed by atoms with Crippen LogP contribution in [0, 0.1) is 5.92 Å². The van der Waals surface area contributed by atoms with Gasteiger partial charge in [0.05, 0.1) is 31.7 Å². The van der Waals surface area contributed by atoms with Crippen molar-refractivity contribution >= 4 is 35.1 Å². The van der Waals surface area contributed by atoms with Crippen LogP contribution in [0.5, 0.6) is 0 Å². The third-order valence-corrected chi connectivity index (χ3v) is 8.62. The topological polar surface area (TPSA) is 112 Å². The molecule has 5 unspecified atom stereocenters. The fourth-order valence-electron chi connectivity index (χ4n) is 5.32. The first-order valence-electron chi connectivity index (χ1n) is 14.6. The summed E-state index contributed by atoms with van der Waals surface area (Å²) in [7, 11) is 0. The van der Waals surface area contributed by atoms with Crippen LogP contribution in [0.3, 0.4) is 0 Å². The van der Waals surface area contributed by atoms with Crippen molar-refractivity contribution in [2.75, 3.05) is 0 Å². The van der Waals surface area contributed by atoms with Crippen molar-refractivity contribution in [3.8, 4) is 11.1 Å². The number of hydrogen-bond donors (Lipinski definition) is 2. The Balaban J connectivity index is 1.34. The van der Waals surface area contributed by atoms with Crippen molar-refractivity contribution in [2.24, 2.45) is 5.92 Å². The van der Waals surface area contributed by atoms with E-state index in [0.717, 1.165) is 33.4 Å². The minimum absolute atomic E-state index is 0.0329. The van der Waals surface area contributed by atoms with E-state index in [4.69, 9.17) is 37.4 Å². The number of benzene rings is 3. The quantitative estimate of drug-likeness (QED) is 0.191. The molecule has 5 rings (SSSR count). The summed E-state index contributed by atoms with van der Waals surface area (Å²) in [4.78, 5) is 27.5. The van der Waals surface area contributed by atoms with E-state index < -0.39 is 18.4 Å². The van der Waals surface area contributed by atoms with Crippen LogP contribution in [0.4, 0.5) is 0 Å². The molecule has 9 nitrogen and oxygen atoms in total. The highest BCUT2D eigenvalue weighted by Crippen LogP contribution is 2.42. The van der Waals surface area contributed by atoms with Gasteiger partial charge in [-0.15, -0.1) is 0 Å². The maximum atomic E-state index is 12.3. The van der Waals surface area contributed by atoms with Gasteiger partial charge in [-0.25, -0.2) is 4.98 Å². The largest absolute Gasteiger partial charge is 0.453 e. The Bertz CT molecular complexity index is 1630. The number of nitrogens with zero attached hydrogens (tertiary/aromatic N) is 2. The molecule has 11 heteroatoms. The molecule has 0 bridgehead atoms. The smallest absolute Gasteiger partial charge is 0.303 e. The van der Waals surface area contributed by atoms with Gasteiger partial charge in [-0.3, -0.25) is 9.59 Å². The van der Waals surface area contributed by atoms with Crippen molar-refractivity contribution in [3.05, 3.63) is 112 Å². The molecule has 2 N–H and O–H groups in total.